The third-order valence-electron chi connectivity index (χ3n) is 3.74. The Hall–Kier alpha value is -1.62. The third-order valence-corrected chi connectivity index (χ3v) is 3.96. The number of benzene rings is 1. The second-order valence-electron chi connectivity index (χ2n) is 6.46. The molecule has 1 aromatic carbocycles. The van der Waals surface area contributed by atoms with Crippen molar-refractivity contribution in [2.75, 3.05) is 10.6 Å². The van der Waals surface area contributed by atoms with E-state index >= 15 is 0 Å². The summed E-state index contributed by atoms with van der Waals surface area (Å²) in [6, 6.07) is 7.97. The van der Waals surface area contributed by atoms with Crippen LogP contribution < -0.4 is 16.0 Å². The van der Waals surface area contributed by atoms with E-state index in [9.17, 15) is 4.79 Å². The van der Waals surface area contributed by atoms with E-state index in [0.717, 1.165) is 24.2 Å². The highest BCUT2D eigenvalue weighted by atomic mass is 32.1. The van der Waals surface area contributed by atoms with Crippen LogP contribution in [-0.2, 0) is 4.79 Å². The Kier molecular flexibility index (Phi) is 4.83. The summed E-state index contributed by atoms with van der Waals surface area (Å²) < 4.78 is 0. The van der Waals surface area contributed by atoms with Gasteiger partial charge in [-0.3, -0.25) is 4.79 Å². The summed E-state index contributed by atoms with van der Waals surface area (Å²) in [6.07, 6.45) is 3.52. The zero-order chi connectivity index (χ0) is 15.5. The SMILES string of the molecule is CC(=O)Nc1cccc(NC(=S)NC2CCC(C)(C)C2)c1. The molecule has 21 heavy (non-hydrogen) atoms. The molecule has 0 bridgehead atoms. The molecule has 0 saturated heterocycles. The van der Waals surface area contributed by atoms with Gasteiger partial charge >= 0.3 is 0 Å². The van der Waals surface area contributed by atoms with Gasteiger partial charge in [0.25, 0.3) is 0 Å². The highest BCUT2D eigenvalue weighted by Crippen LogP contribution is 2.36. The number of hydrogen-bond acceptors (Lipinski definition) is 2. The number of hydrogen-bond donors (Lipinski definition) is 3. The van der Waals surface area contributed by atoms with E-state index in [1.807, 2.05) is 24.3 Å². The molecule has 0 heterocycles. The first kappa shape index (κ1) is 15.8. The Morgan fingerprint density at radius 1 is 1.29 bits per heavy atom. The lowest BCUT2D eigenvalue weighted by Crippen LogP contribution is -2.36. The van der Waals surface area contributed by atoms with Crippen LogP contribution in [0.25, 0.3) is 0 Å². The molecule has 3 N–H and O–H groups in total. The summed E-state index contributed by atoms with van der Waals surface area (Å²) in [7, 11) is 0. The molecule has 1 saturated carbocycles. The van der Waals surface area contributed by atoms with Gasteiger partial charge in [-0.1, -0.05) is 19.9 Å². The molecule has 4 nitrogen and oxygen atoms in total. The maximum Gasteiger partial charge on any atom is 0.221 e. The van der Waals surface area contributed by atoms with Crippen LogP contribution in [-0.4, -0.2) is 17.1 Å². The van der Waals surface area contributed by atoms with Crippen LogP contribution in [0.5, 0.6) is 0 Å². The van der Waals surface area contributed by atoms with E-state index in [0.29, 0.717) is 16.6 Å². The molecule has 2 rings (SSSR count). The van der Waals surface area contributed by atoms with E-state index in [2.05, 4.69) is 29.8 Å². The predicted molar refractivity (Wildman–Crippen MR) is 91.5 cm³/mol. The van der Waals surface area contributed by atoms with Gasteiger partial charge in [0.05, 0.1) is 0 Å². The third kappa shape index (κ3) is 5.01. The van der Waals surface area contributed by atoms with Gasteiger partial charge in [0.2, 0.25) is 5.91 Å². The average molecular weight is 305 g/mol. The topological polar surface area (TPSA) is 53.2 Å². The molecule has 1 fully saturated rings. The zero-order valence-corrected chi connectivity index (χ0v) is 13.6. The lowest BCUT2D eigenvalue weighted by Gasteiger charge is -2.19. The highest BCUT2D eigenvalue weighted by molar-refractivity contribution is 7.80. The number of amides is 1. The predicted octanol–water partition coefficient (Wildman–Crippen LogP) is 3.51. The average Bonchev–Trinajstić information content (AvgIpc) is 2.67. The normalized spacial score (nSPS) is 19.9. The molecule has 1 unspecified atom stereocenters. The maximum atomic E-state index is 11.1. The summed E-state index contributed by atoms with van der Waals surface area (Å²) in [6.45, 7) is 6.08. The molecule has 1 amide bonds. The van der Waals surface area contributed by atoms with Crippen molar-refractivity contribution < 1.29 is 4.79 Å². The molecule has 1 atom stereocenters. The van der Waals surface area contributed by atoms with Crippen LogP contribution in [0, 0.1) is 5.41 Å². The fraction of sp³-hybridized carbons (Fsp3) is 0.500. The Morgan fingerprint density at radius 3 is 2.52 bits per heavy atom. The summed E-state index contributed by atoms with van der Waals surface area (Å²) in [5.41, 5.74) is 2.03. The molecule has 114 valence electrons. The maximum absolute atomic E-state index is 11.1. The second kappa shape index (κ2) is 6.43. The quantitative estimate of drug-likeness (QED) is 0.748. The van der Waals surface area contributed by atoms with Gasteiger partial charge < -0.3 is 16.0 Å². The van der Waals surface area contributed by atoms with Crippen molar-refractivity contribution in [2.45, 2.75) is 46.1 Å². The fourth-order valence-corrected chi connectivity index (χ4v) is 3.07. The van der Waals surface area contributed by atoms with Crippen LogP contribution >= 0.6 is 12.2 Å². The van der Waals surface area contributed by atoms with E-state index in [4.69, 9.17) is 12.2 Å². The standard InChI is InChI=1S/C16H23N3OS/c1-11(20)17-12-5-4-6-13(9-12)18-15(21)19-14-7-8-16(2,3)10-14/h4-6,9,14H,7-8,10H2,1-3H3,(H,17,20)(H2,18,19,21). The first-order chi connectivity index (χ1) is 9.84. The van der Waals surface area contributed by atoms with Crippen molar-refractivity contribution in [2.24, 2.45) is 5.41 Å². The largest absolute Gasteiger partial charge is 0.360 e. The zero-order valence-electron chi connectivity index (χ0n) is 12.8. The number of thiocarbonyl (C=S) groups is 1. The lowest BCUT2D eigenvalue weighted by atomic mass is 9.92. The molecule has 5 heteroatoms. The summed E-state index contributed by atoms with van der Waals surface area (Å²) in [5.74, 6) is -0.0824. The Bertz CT molecular complexity index is 542. The van der Waals surface area contributed by atoms with Crippen LogP contribution in [0.1, 0.15) is 40.0 Å². The molecule has 0 aromatic heterocycles. The molecule has 0 spiro atoms. The molecular formula is C16H23N3OS. The first-order valence-electron chi connectivity index (χ1n) is 7.29. The van der Waals surface area contributed by atoms with Crippen LogP contribution in [0.4, 0.5) is 11.4 Å². The minimum atomic E-state index is -0.0824. The van der Waals surface area contributed by atoms with E-state index in [1.54, 1.807) is 0 Å². The summed E-state index contributed by atoms with van der Waals surface area (Å²) in [5, 5.41) is 9.95. The number of anilines is 2. The van der Waals surface area contributed by atoms with Crippen molar-refractivity contribution in [1.82, 2.24) is 5.32 Å². The molecule has 0 radical (unpaired) electrons. The van der Waals surface area contributed by atoms with Crippen molar-refractivity contribution in [3.05, 3.63) is 24.3 Å². The van der Waals surface area contributed by atoms with Gasteiger partial charge in [-0.2, -0.15) is 0 Å². The van der Waals surface area contributed by atoms with E-state index in [1.165, 1.54) is 13.3 Å². The van der Waals surface area contributed by atoms with Gasteiger partial charge in [-0.25, -0.2) is 0 Å². The number of nitrogens with one attached hydrogen (secondary N) is 3. The second-order valence-corrected chi connectivity index (χ2v) is 6.87. The fourth-order valence-electron chi connectivity index (χ4n) is 2.79. The lowest BCUT2D eigenvalue weighted by molar-refractivity contribution is -0.114. The van der Waals surface area contributed by atoms with E-state index < -0.39 is 0 Å². The van der Waals surface area contributed by atoms with Gasteiger partial charge in [0.15, 0.2) is 5.11 Å². The molecule has 1 aromatic rings. The minimum Gasteiger partial charge on any atom is -0.360 e. The van der Waals surface area contributed by atoms with E-state index in [-0.39, 0.29) is 5.91 Å². The number of rotatable bonds is 3. The van der Waals surface area contributed by atoms with Gasteiger partial charge in [-0.05, 0) is 55.1 Å². The Labute approximate surface area is 131 Å². The number of carbonyl (C=O) groups is 1. The van der Waals surface area contributed by atoms with Gasteiger partial charge in [0.1, 0.15) is 0 Å². The Morgan fingerprint density at radius 2 is 1.95 bits per heavy atom. The van der Waals surface area contributed by atoms with Crippen LogP contribution in [0.15, 0.2) is 24.3 Å². The number of carbonyl (C=O) groups excluding carboxylic acids is 1. The van der Waals surface area contributed by atoms with Crippen molar-refractivity contribution in [1.29, 1.82) is 0 Å². The first-order valence-corrected chi connectivity index (χ1v) is 7.70. The summed E-state index contributed by atoms with van der Waals surface area (Å²) >= 11 is 5.37. The summed E-state index contributed by atoms with van der Waals surface area (Å²) in [4.78, 5) is 11.1. The molecule has 0 aliphatic heterocycles. The Balaban J connectivity index is 1.89. The highest BCUT2D eigenvalue weighted by Gasteiger charge is 2.31. The van der Waals surface area contributed by atoms with Crippen LogP contribution in [0.3, 0.4) is 0 Å². The monoisotopic (exact) mass is 305 g/mol. The molecular weight excluding hydrogens is 282 g/mol. The smallest absolute Gasteiger partial charge is 0.221 e. The van der Waals surface area contributed by atoms with Crippen molar-refractivity contribution >= 4 is 34.6 Å². The van der Waals surface area contributed by atoms with Gasteiger partial charge in [-0.15, -0.1) is 0 Å². The van der Waals surface area contributed by atoms with Crippen molar-refractivity contribution in [3.8, 4) is 0 Å². The van der Waals surface area contributed by atoms with Gasteiger partial charge in [0, 0.05) is 24.3 Å². The molecule has 1 aliphatic carbocycles. The molecule has 1 aliphatic rings. The minimum absolute atomic E-state index is 0.0824. The van der Waals surface area contributed by atoms with Crippen molar-refractivity contribution in [3.63, 3.8) is 0 Å². The van der Waals surface area contributed by atoms with Crippen LogP contribution in [0.2, 0.25) is 0 Å².